The van der Waals surface area contributed by atoms with Gasteiger partial charge in [-0.05, 0) is 36.8 Å². The molecule has 1 rings (SSSR count). The number of hydrogen-bond donors (Lipinski definition) is 1. The van der Waals surface area contributed by atoms with Crippen molar-refractivity contribution in [3.63, 3.8) is 0 Å². The van der Waals surface area contributed by atoms with Gasteiger partial charge in [-0.3, -0.25) is 0 Å². The van der Waals surface area contributed by atoms with Crippen LogP contribution in [0.2, 0.25) is 0 Å². The van der Waals surface area contributed by atoms with Crippen LogP contribution >= 0.6 is 0 Å². The van der Waals surface area contributed by atoms with E-state index in [4.69, 9.17) is 0 Å². The third kappa shape index (κ3) is 2.62. The Hall–Kier alpha value is -1.24. The van der Waals surface area contributed by atoms with Crippen LogP contribution in [0, 0.1) is 12.3 Å². The molecular weight excluding hydrogens is 160 g/mol. The number of allylic oxidation sites excluding steroid dienone is 5. The predicted molar refractivity (Wildman–Crippen MR) is 56.2 cm³/mol. The lowest BCUT2D eigenvalue weighted by Gasteiger charge is -2.17. The fourth-order valence-corrected chi connectivity index (χ4v) is 1.39. The van der Waals surface area contributed by atoms with E-state index in [1.807, 2.05) is 12.2 Å². The van der Waals surface area contributed by atoms with Crippen LogP contribution < -0.4 is 0 Å². The number of rotatable bonds is 4. The second-order valence-electron chi connectivity index (χ2n) is 3.12. The lowest BCUT2D eigenvalue weighted by Crippen LogP contribution is -2.05. The van der Waals surface area contributed by atoms with Crippen molar-refractivity contribution in [3.8, 4) is 0 Å². The monoisotopic (exact) mass is 175 g/mol. The molecule has 1 aliphatic rings. The van der Waals surface area contributed by atoms with Crippen LogP contribution in [0.25, 0.3) is 0 Å². The first-order chi connectivity index (χ1) is 6.27. The summed E-state index contributed by atoms with van der Waals surface area (Å²) in [5, 5.41) is 9.47. The van der Waals surface area contributed by atoms with Gasteiger partial charge < -0.3 is 5.11 Å². The molecule has 1 aliphatic carbocycles. The average Bonchev–Trinajstić information content (AvgIpc) is 2.12. The Bertz CT molecular complexity index is 258. The number of aliphatic hydroxyl groups is 1. The molecule has 0 amide bonds. The Morgan fingerprint density at radius 1 is 1.38 bits per heavy atom. The van der Waals surface area contributed by atoms with E-state index < -0.39 is 0 Å². The van der Waals surface area contributed by atoms with Crippen LogP contribution in [0.4, 0.5) is 0 Å². The molecule has 1 heteroatoms. The first-order valence-corrected chi connectivity index (χ1v) is 4.45. The Balaban J connectivity index is 2.65. The molecule has 0 saturated heterocycles. The van der Waals surface area contributed by atoms with E-state index in [-0.39, 0.29) is 0 Å². The van der Waals surface area contributed by atoms with Gasteiger partial charge in [-0.15, -0.1) is 13.2 Å². The molecule has 1 atom stereocenters. The van der Waals surface area contributed by atoms with Gasteiger partial charge in [0, 0.05) is 0 Å². The Kier molecular flexibility index (Phi) is 3.56. The standard InChI is InChI=1S/C12H15O/c1-3-5-10-7-8-12(13)11(9-10)6-4-2/h3-4,7-10,13H,1-2,5-6H2. The van der Waals surface area contributed by atoms with Gasteiger partial charge in [0.25, 0.3) is 0 Å². The third-order valence-electron chi connectivity index (χ3n) is 2.05. The van der Waals surface area contributed by atoms with E-state index in [1.165, 1.54) is 0 Å². The second kappa shape index (κ2) is 4.70. The van der Waals surface area contributed by atoms with Gasteiger partial charge in [0.15, 0.2) is 0 Å². The Labute approximate surface area is 79.8 Å². The fourth-order valence-electron chi connectivity index (χ4n) is 1.39. The Morgan fingerprint density at radius 3 is 2.77 bits per heavy atom. The van der Waals surface area contributed by atoms with Crippen molar-refractivity contribution in [2.45, 2.75) is 12.8 Å². The number of hydrogen-bond acceptors (Lipinski definition) is 1. The van der Waals surface area contributed by atoms with Crippen LogP contribution in [0.5, 0.6) is 0 Å². The van der Waals surface area contributed by atoms with Gasteiger partial charge in [0.1, 0.15) is 5.76 Å². The zero-order valence-electron chi connectivity index (χ0n) is 7.74. The fraction of sp³-hybridized carbons (Fsp3) is 0.250. The highest BCUT2D eigenvalue weighted by Gasteiger charge is 2.13. The topological polar surface area (TPSA) is 20.2 Å². The van der Waals surface area contributed by atoms with Crippen molar-refractivity contribution in [1.29, 1.82) is 0 Å². The van der Waals surface area contributed by atoms with Crippen molar-refractivity contribution < 1.29 is 5.11 Å². The van der Waals surface area contributed by atoms with Gasteiger partial charge in [-0.2, -0.15) is 0 Å². The van der Waals surface area contributed by atoms with Gasteiger partial charge in [0.2, 0.25) is 0 Å². The highest BCUT2D eigenvalue weighted by molar-refractivity contribution is 5.34. The first-order valence-electron chi connectivity index (χ1n) is 4.45. The van der Waals surface area contributed by atoms with E-state index in [9.17, 15) is 5.11 Å². The molecule has 0 aromatic rings. The Morgan fingerprint density at radius 2 is 2.15 bits per heavy atom. The molecule has 1 unspecified atom stereocenters. The summed E-state index contributed by atoms with van der Waals surface area (Å²) < 4.78 is 0. The van der Waals surface area contributed by atoms with Gasteiger partial charge in [-0.25, -0.2) is 0 Å². The van der Waals surface area contributed by atoms with E-state index in [0.29, 0.717) is 11.7 Å². The van der Waals surface area contributed by atoms with Crippen LogP contribution in [0.3, 0.4) is 0 Å². The summed E-state index contributed by atoms with van der Waals surface area (Å²) in [6.07, 6.45) is 11.1. The molecule has 0 aromatic heterocycles. The molecule has 0 saturated carbocycles. The van der Waals surface area contributed by atoms with Crippen LogP contribution in [0.1, 0.15) is 12.8 Å². The third-order valence-corrected chi connectivity index (χ3v) is 2.05. The molecule has 0 fully saturated rings. The molecular formula is C12H15O. The summed E-state index contributed by atoms with van der Waals surface area (Å²) in [5.74, 6) is 0.739. The van der Waals surface area contributed by atoms with Gasteiger partial charge >= 0.3 is 0 Å². The van der Waals surface area contributed by atoms with Crippen molar-refractivity contribution in [3.05, 3.63) is 55.2 Å². The summed E-state index contributed by atoms with van der Waals surface area (Å²) in [6, 6.07) is 0. The normalized spacial score (nSPS) is 21.7. The molecule has 0 spiro atoms. The smallest absolute Gasteiger partial charge is 0.115 e. The van der Waals surface area contributed by atoms with Gasteiger partial charge in [-0.1, -0.05) is 18.2 Å². The van der Waals surface area contributed by atoms with Gasteiger partial charge in [0.05, 0.1) is 0 Å². The zero-order valence-corrected chi connectivity index (χ0v) is 7.74. The van der Waals surface area contributed by atoms with Crippen molar-refractivity contribution in [2.75, 3.05) is 0 Å². The summed E-state index contributed by atoms with van der Waals surface area (Å²) in [6.45, 7) is 7.34. The molecule has 0 bridgehead atoms. The maximum Gasteiger partial charge on any atom is 0.115 e. The van der Waals surface area contributed by atoms with Crippen molar-refractivity contribution in [1.82, 2.24) is 0 Å². The minimum absolute atomic E-state index is 0.361. The molecule has 1 radical (unpaired) electrons. The summed E-state index contributed by atoms with van der Waals surface area (Å²) in [7, 11) is 0. The van der Waals surface area contributed by atoms with Crippen LogP contribution in [-0.2, 0) is 0 Å². The van der Waals surface area contributed by atoms with E-state index >= 15 is 0 Å². The van der Waals surface area contributed by atoms with E-state index in [2.05, 4.69) is 19.6 Å². The number of aliphatic hydroxyl groups excluding tert-OH is 1. The summed E-state index contributed by atoms with van der Waals surface area (Å²) in [5.41, 5.74) is 0.962. The minimum Gasteiger partial charge on any atom is -0.508 e. The quantitative estimate of drug-likeness (QED) is 0.650. The predicted octanol–water partition coefficient (Wildman–Crippen LogP) is 3.34. The van der Waals surface area contributed by atoms with Crippen molar-refractivity contribution >= 4 is 0 Å². The molecule has 1 N–H and O–H groups in total. The van der Waals surface area contributed by atoms with Crippen molar-refractivity contribution in [2.24, 2.45) is 5.92 Å². The largest absolute Gasteiger partial charge is 0.508 e. The summed E-state index contributed by atoms with van der Waals surface area (Å²) in [4.78, 5) is 0. The van der Waals surface area contributed by atoms with E-state index in [1.54, 1.807) is 12.2 Å². The molecule has 0 heterocycles. The molecule has 69 valence electrons. The van der Waals surface area contributed by atoms with Crippen LogP contribution in [0.15, 0.2) is 48.8 Å². The average molecular weight is 175 g/mol. The molecule has 13 heavy (non-hydrogen) atoms. The lowest BCUT2D eigenvalue weighted by atomic mass is 9.89. The lowest BCUT2D eigenvalue weighted by molar-refractivity contribution is 0.419. The van der Waals surface area contributed by atoms with Crippen LogP contribution in [-0.4, -0.2) is 5.11 Å². The first kappa shape index (κ1) is 9.85. The van der Waals surface area contributed by atoms with E-state index in [0.717, 1.165) is 18.4 Å². The summed E-state index contributed by atoms with van der Waals surface area (Å²) >= 11 is 0. The molecule has 1 nitrogen and oxygen atoms in total. The molecule has 0 aromatic carbocycles. The molecule has 0 aliphatic heterocycles. The maximum absolute atomic E-state index is 9.47. The maximum atomic E-state index is 9.47. The SMILES string of the molecule is C=CCC1=C(O)C=CC(CC=C)[CH]1. The highest BCUT2D eigenvalue weighted by Crippen LogP contribution is 2.26. The highest BCUT2D eigenvalue weighted by atomic mass is 16.3. The second-order valence-corrected chi connectivity index (χ2v) is 3.12. The zero-order chi connectivity index (χ0) is 9.68. The minimum atomic E-state index is 0.361.